The van der Waals surface area contributed by atoms with Gasteiger partial charge in [0, 0.05) is 6.20 Å². The Morgan fingerprint density at radius 3 is 2.03 bits per heavy atom. The fraction of sp³-hybridized carbons (Fsp3) is 0.200. The Balaban J connectivity index is 1.98. The normalized spacial score (nSPS) is 19.9. The lowest BCUT2D eigenvalue weighted by Gasteiger charge is -2.40. The molecule has 1 spiro atoms. The summed E-state index contributed by atoms with van der Waals surface area (Å²) in [5.74, 6) is -1.09. The average molecular weight is 399 g/mol. The number of allylic oxidation sites excluding steroid dienone is 2. The van der Waals surface area contributed by atoms with E-state index in [9.17, 15) is 9.59 Å². The van der Waals surface area contributed by atoms with Crippen molar-refractivity contribution in [2.45, 2.75) is 18.4 Å². The lowest BCUT2D eigenvalue weighted by Crippen LogP contribution is -2.46. The van der Waals surface area contributed by atoms with E-state index in [0.717, 1.165) is 27.8 Å². The number of hydrogen-bond donors (Lipinski definition) is 0. The van der Waals surface area contributed by atoms with Crippen LogP contribution in [0.25, 0.3) is 11.1 Å². The Bertz CT molecular complexity index is 1140. The summed E-state index contributed by atoms with van der Waals surface area (Å²) < 4.78 is 10.4. The summed E-state index contributed by atoms with van der Waals surface area (Å²) in [5, 5.41) is 0. The molecule has 0 saturated heterocycles. The highest BCUT2D eigenvalue weighted by Crippen LogP contribution is 2.61. The first kappa shape index (κ1) is 18.4. The van der Waals surface area contributed by atoms with E-state index in [-0.39, 0.29) is 11.7 Å². The summed E-state index contributed by atoms with van der Waals surface area (Å²) in [6.45, 7) is 2.03. The second kappa shape index (κ2) is 6.46. The van der Waals surface area contributed by atoms with Gasteiger partial charge < -0.3 is 14.4 Å². The SMILES string of the molecule is COC(=O)C1=C(C(=O)OC)C2(c3ccccc3-c3ccccc32)C2C(C)=CC=CN12. The Labute approximate surface area is 174 Å². The van der Waals surface area contributed by atoms with Gasteiger partial charge in [0.2, 0.25) is 0 Å². The smallest absolute Gasteiger partial charge is 0.355 e. The van der Waals surface area contributed by atoms with E-state index in [0.29, 0.717) is 5.57 Å². The second-order valence-corrected chi connectivity index (χ2v) is 7.67. The minimum absolute atomic E-state index is 0.226. The predicted molar refractivity (Wildman–Crippen MR) is 112 cm³/mol. The minimum Gasteiger partial charge on any atom is -0.466 e. The summed E-state index contributed by atoms with van der Waals surface area (Å²) in [5.41, 5.74) is 4.81. The topological polar surface area (TPSA) is 55.8 Å². The molecule has 0 N–H and O–H groups in total. The molecule has 2 aromatic rings. The Morgan fingerprint density at radius 1 is 0.900 bits per heavy atom. The molecular formula is C25H21NO4. The second-order valence-electron chi connectivity index (χ2n) is 7.67. The molecule has 3 aliphatic rings. The van der Waals surface area contributed by atoms with Crippen molar-refractivity contribution in [3.63, 3.8) is 0 Å². The maximum atomic E-state index is 13.3. The number of ether oxygens (including phenoxy) is 2. The number of benzene rings is 2. The van der Waals surface area contributed by atoms with Gasteiger partial charge in [-0.05, 0) is 40.8 Å². The van der Waals surface area contributed by atoms with E-state index in [1.54, 1.807) is 0 Å². The van der Waals surface area contributed by atoms with Crippen LogP contribution >= 0.6 is 0 Å². The van der Waals surface area contributed by atoms with Gasteiger partial charge >= 0.3 is 11.9 Å². The number of nitrogens with zero attached hydrogens (tertiary/aromatic N) is 1. The predicted octanol–water partition coefficient (Wildman–Crippen LogP) is 3.71. The molecule has 1 unspecified atom stereocenters. The van der Waals surface area contributed by atoms with E-state index >= 15 is 0 Å². The van der Waals surface area contributed by atoms with Crippen LogP contribution in [0.3, 0.4) is 0 Å². The molecule has 5 rings (SSSR count). The van der Waals surface area contributed by atoms with Gasteiger partial charge in [-0.15, -0.1) is 0 Å². The molecule has 5 nitrogen and oxygen atoms in total. The number of esters is 2. The summed E-state index contributed by atoms with van der Waals surface area (Å²) in [6.07, 6.45) is 5.75. The standard InChI is InChI=1S/C25H21NO4/c1-15-9-8-14-26-21(24(28)30-3)20(23(27)29-2)25(22(15)26)18-12-6-4-10-16(18)17-11-5-7-13-19(17)25/h4-14,22H,1-3H3. The molecule has 150 valence electrons. The van der Waals surface area contributed by atoms with Gasteiger partial charge in [-0.2, -0.15) is 0 Å². The molecule has 0 saturated carbocycles. The third-order valence-electron chi connectivity index (χ3n) is 6.38. The molecule has 5 heteroatoms. The lowest BCUT2D eigenvalue weighted by atomic mass is 9.66. The fourth-order valence-electron chi connectivity index (χ4n) is 5.39. The molecule has 2 aromatic carbocycles. The fourth-order valence-corrected chi connectivity index (χ4v) is 5.39. The van der Waals surface area contributed by atoms with Crippen molar-refractivity contribution in [1.29, 1.82) is 0 Å². The van der Waals surface area contributed by atoms with Crippen molar-refractivity contribution in [2.75, 3.05) is 14.2 Å². The molecule has 1 aliphatic carbocycles. The summed E-state index contributed by atoms with van der Waals surface area (Å²) in [6, 6.07) is 15.9. The first-order valence-electron chi connectivity index (χ1n) is 9.81. The summed E-state index contributed by atoms with van der Waals surface area (Å²) in [4.78, 5) is 28.2. The highest BCUT2D eigenvalue weighted by molar-refractivity contribution is 6.07. The number of rotatable bonds is 2. The number of carbonyl (C=O) groups excluding carboxylic acids is 2. The van der Waals surface area contributed by atoms with E-state index in [4.69, 9.17) is 9.47 Å². The molecule has 0 amide bonds. The average Bonchev–Trinajstić information content (AvgIpc) is 3.26. The largest absolute Gasteiger partial charge is 0.466 e. The first-order valence-corrected chi connectivity index (χ1v) is 9.81. The van der Waals surface area contributed by atoms with E-state index in [1.807, 2.05) is 66.6 Å². The van der Waals surface area contributed by atoms with Crippen molar-refractivity contribution in [2.24, 2.45) is 0 Å². The lowest BCUT2D eigenvalue weighted by molar-refractivity contribution is -0.140. The maximum absolute atomic E-state index is 13.3. The van der Waals surface area contributed by atoms with E-state index < -0.39 is 17.4 Å². The zero-order valence-corrected chi connectivity index (χ0v) is 17.0. The number of hydrogen-bond acceptors (Lipinski definition) is 5. The maximum Gasteiger partial charge on any atom is 0.355 e. The van der Waals surface area contributed by atoms with Crippen molar-refractivity contribution < 1.29 is 19.1 Å². The van der Waals surface area contributed by atoms with Crippen molar-refractivity contribution in [3.8, 4) is 11.1 Å². The number of carbonyl (C=O) groups is 2. The van der Waals surface area contributed by atoms with Crippen molar-refractivity contribution >= 4 is 11.9 Å². The first-order chi connectivity index (χ1) is 14.6. The Hall–Kier alpha value is -3.60. The third kappa shape index (κ3) is 2.07. The van der Waals surface area contributed by atoms with Gasteiger partial charge in [-0.25, -0.2) is 9.59 Å². The van der Waals surface area contributed by atoms with Gasteiger partial charge in [-0.3, -0.25) is 0 Å². The number of fused-ring (bicyclic) bond motifs is 7. The van der Waals surface area contributed by atoms with Crippen LogP contribution in [0.5, 0.6) is 0 Å². The molecule has 2 heterocycles. The van der Waals surface area contributed by atoms with Gasteiger partial charge in [0.05, 0.1) is 31.2 Å². The monoisotopic (exact) mass is 399 g/mol. The Morgan fingerprint density at radius 2 is 1.47 bits per heavy atom. The van der Waals surface area contributed by atoms with Crippen LogP contribution in [-0.2, 0) is 24.5 Å². The number of methoxy groups -OCH3 is 2. The molecule has 30 heavy (non-hydrogen) atoms. The Kier molecular flexibility index (Phi) is 3.97. The molecular weight excluding hydrogens is 378 g/mol. The van der Waals surface area contributed by atoms with Gasteiger partial charge in [0.1, 0.15) is 5.70 Å². The van der Waals surface area contributed by atoms with Crippen LogP contribution in [0.4, 0.5) is 0 Å². The van der Waals surface area contributed by atoms with Gasteiger partial charge in [-0.1, -0.05) is 54.6 Å². The zero-order chi connectivity index (χ0) is 21.0. The van der Waals surface area contributed by atoms with E-state index in [2.05, 4.69) is 12.1 Å². The van der Waals surface area contributed by atoms with E-state index in [1.165, 1.54) is 14.2 Å². The van der Waals surface area contributed by atoms with Crippen molar-refractivity contribution in [3.05, 3.63) is 94.9 Å². The van der Waals surface area contributed by atoms with Crippen LogP contribution in [0.15, 0.2) is 83.7 Å². The van der Waals surface area contributed by atoms with Crippen LogP contribution in [0.2, 0.25) is 0 Å². The van der Waals surface area contributed by atoms with Crippen LogP contribution < -0.4 is 0 Å². The molecule has 0 bridgehead atoms. The highest BCUT2D eigenvalue weighted by atomic mass is 16.5. The minimum atomic E-state index is -0.880. The van der Waals surface area contributed by atoms with Gasteiger partial charge in [0.15, 0.2) is 0 Å². The molecule has 1 atom stereocenters. The molecule has 0 fully saturated rings. The highest BCUT2D eigenvalue weighted by Gasteiger charge is 2.62. The molecule has 0 radical (unpaired) electrons. The molecule has 2 aliphatic heterocycles. The van der Waals surface area contributed by atoms with Crippen LogP contribution in [0, 0.1) is 0 Å². The quantitative estimate of drug-likeness (QED) is 0.721. The van der Waals surface area contributed by atoms with Crippen LogP contribution in [0.1, 0.15) is 18.1 Å². The third-order valence-corrected chi connectivity index (χ3v) is 6.38. The van der Waals surface area contributed by atoms with Gasteiger partial charge in [0.25, 0.3) is 0 Å². The van der Waals surface area contributed by atoms with Crippen molar-refractivity contribution in [1.82, 2.24) is 4.90 Å². The zero-order valence-electron chi connectivity index (χ0n) is 17.0. The summed E-state index contributed by atoms with van der Waals surface area (Å²) in [7, 11) is 2.68. The summed E-state index contributed by atoms with van der Waals surface area (Å²) >= 11 is 0. The van der Waals surface area contributed by atoms with Crippen LogP contribution in [-0.4, -0.2) is 37.1 Å². The molecule has 0 aromatic heterocycles.